The minimum Gasteiger partial charge on any atom is -0.484 e. The van der Waals surface area contributed by atoms with Gasteiger partial charge in [-0.3, -0.25) is 4.79 Å². The van der Waals surface area contributed by atoms with Crippen LogP contribution in [0.1, 0.15) is 25.3 Å². The van der Waals surface area contributed by atoms with Gasteiger partial charge in [0, 0.05) is 18.8 Å². The molecule has 174 valence electrons. The number of rotatable bonds is 6. The predicted molar refractivity (Wildman–Crippen MR) is 114 cm³/mol. The van der Waals surface area contributed by atoms with Crippen LogP contribution in [-0.4, -0.2) is 38.3 Å². The normalized spacial score (nSPS) is 16.0. The Morgan fingerprint density at radius 3 is 2.38 bits per heavy atom. The highest BCUT2D eigenvalue weighted by Crippen LogP contribution is 2.36. The molecule has 0 saturated carbocycles. The van der Waals surface area contributed by atoms with Crippen molar-refractivity contribution in [2.24, 2.45) is 5.92 Å². The molecule has 1 aliphatic heterocycles. The van der Waals surface area contributed by atoms with Crippen molar-refractivity contribution in [2.75, 3.05) is 25.0 Å². The molecule has 1 fully saturated rings. The maximum Gasteiger partial charge on any atom is 0.417 e. The zero-order valence-electron chi connectivity index (χ0n) is 17.2. The average Bonchev–Trinajstić information content (AvgIpc) is 2.73. The number of halogens is 4. The molecular weight excluding hydrogens is 469 g/mol. The minimum absolute atomic E-state index is 0.0763. The number of hydrogen-bond donors (Lipinski definition) is 1. The fraction of sp³-hybridized carbons (Fsp3) is 0.381. The van der Waals surface area contributed by atoms with E-state index in [1.807, 2.05) is 0 Å². The van der Waals surface area contributed by atoms with Crippen LogP contribution < -0.4 is 10.1 Å². The largest absolute Gasteiger partial charge is 0.484 e. The monoisotopic (exact) mass is 490 g/mol. The smallest absolute Gasteiger partial charge is 0.417 e. The molecule has 32 heavy (non-hydrogen) atoms. The molecule has 2 aromatic rings. The third-order valence-electron chi connectivity index (χ3n) is 5.13. The molecule has 11 heteroatoms. The number of nitrogens with zero attached hydrogens (tertiary/aromatic N) is 1. The zero-order chi connectivity index (χ0) is 23.5. The van der Waals surface area contributed by atoms with Crippen LogP contribution in [0.3, 0.4) is 0 Å². The fourth-order valence-corrected chi connectivity index (χ4v) is 4.94. The van der Waals surface area contributed by atoms with Gasteiger partial charge in [-0.1, -0.05) is 18.5 Å². The first-order valence-corrected chi connectivity index (χ1v) is 11.7. The van der Waals surface area contributed by atoms with Gasteiger partial charge in [-0.15, -0.1) is 0 Å². The van der Waals surface area contributed by atoms with E-state index < -0.39 is 39.3 Å². The quantitative estimate of drug-likeness (QED) is 0.631. The van der Waals surface area contributed by atoms with E-state index in [1.165, 1.54) is 34.6 Å². The van der Waals surface area contributed by atoms with E-state index in [9.17, 15) is 26.4 Å². The lowest BCUT2D eigenvalue weighted by molar-refractivity contribution is -0.137. The molecule has 1 N–H and O–H groups in total. The van der Waals surface area contributed by atoms with Crippen molar-refractivity contribution in [1.82, 2.24) is 4.31 Å². The molecule has 1 amide bonds. The van der Waals surface area contributed by atoms with Crippen LogP contribution in [0.2, 0.25) is 5.02 Å². The number of sulfonamides is 1. The molecule has 0 bridgehead atoms. The van der Waals surface area contributed by atoms with Crippen LogP contribution in [0, 0.1) is 5.92 Å². The third kappa shape index (κ3) is 5.93. The van der Waals surface area contributed by atoms with Gasteiger partial charge in [-0.05, 0) is 61.2 Å². The Labute approximate surface area is 189 Å². The zero-order valence-corrected chi connectivity index (χ0v) is 18.7. The molecule has 0 atom stereocenters. The number of carbonyl (C=O) groups excluding carboxylic acids is 1. The van der Waals surface area contributed by atoms with E-state index in [4.69, 9.17) is 16.3 Å². The van der Waals surface area contributed by atoms with E-state index in [0.29, 0.717) is 19.0 Å². The van der Waals surface area contributed by atoms with Crippen molar-refractivity contribution in [2.45, 2.75) is 30.8 Å². The molecule has 0 unspecified atom stereocenters. The Hall–Kier alpha value is -2.30. The van der Waals surface area contributed by atoms with Gasteiger partial charge in [0.1, 0.15) is 5.75 Å². The Morgan fingerprint density at radius 1 is 1.16 bits per heavy atom. The maximum absolute atomic E-state index is 12.9. The topological polar surface area (TPSA) is 75.7 Å². The number of amides is 1. The molecule has 0 aromatic heterocycles. The van der Waals surface area contributed by atoms with Crippen molar-refractivity contribution in [3.05, 3.63) is 53.1 Å². The first kappa shape index (κ1) is 24.3. The van der Waals surface area contributed by atoms with Crippen molar-refractivity contribution < 1.29 is 31.1 Å². The van der Waals surface area contributed by atoms with E-state index in [1.54, 1.807) is 0 Å². The second-order valence-corrected chi connectivity index (χ2v) is 9.93. The second-order valence-electron chi connectivity index (χ2n) is 7.59. The number of anilines is 1. The molecular formula is C21H22ClF3N2O4S. The van der Waals surface area contributed by atoms with Crippen LogP contribution in [0.15, 0.2) is 47.4 Å². The summed E-state index contributed by atoms with van der Waals surface area (Å²) in [6.45, 7) is 2.57. The third-order valence-corrected chi connectivity index (χ3v) is 7.37. The van der Waals surface area contributed by atoms with Crippen molar-refractivity contribution in [1.29, 1.82) is 0 Å². The van der Waals surface area contributed by atoms with Crippen LogP contribution in [-0.2, 0) is 21.0 Å². The predicted octanol–water partition coefficient (Wildman–Crippen LogP) is 4.80. The number of benzene rings is 2. The summed E-state index contributed by atoms with van der Waals surface area (Å²) >= 11 is 5.56. The molecule has 2 aromatic carbocycles. The number of carbonyl (C=O) groups is 1. The fourth-order valence-electron chi connectivity index (χ4n) is 3.25. The number of alkyl halides is 3. The highest BCUT2D eigenvalue weighted by atomic mass is 35.5. The number of ether oxygens (including phenoxy) is 1. The lowest BCUT2D eigenvalue weighted by Gasteiger charge is -2.29. The lowest BCUT2D eigenvalue weighted by atomic mass is 10.0. The molecule has 0 radical (unpaired) electrons. The Kier molecular flexibility index (Phi) is 7.36. The second kappa shape index (κ2) is 9.68. The SMILES string of the molecule is CC1CCN(S(=O)(=O)c2ccc(OCC(=O)Nc3ccc(Cl)c(C(F)(F)F)c3)cc2)CC1. The Balaban J connectivity index is 1.58. The number of hydrogen-bond acceptors (Lipinski definition) is 4. The van der Waals surface area contributed by atoms with Crippen LogP contribution in [0.5, 0.6) is 5.75 Å². The van der Waals surface area contributed by atoms with Gasteiger partial charge >= 0.3 is 6.18 Å². The van der Waals surface area contributed by atoms with Gasteiger partial charge < -0.3 is 10.1 Å². The Bertz CT molecular complexity index is 1070. The molecule has 1 aliphatic rings. The van der Waals surface area contributed by atoms with Gasteiger partial charge in [-0.2, -0.15) is 17.5 Å². The average molecular weight is 491 g/mol. The lowest BCUT2D eigenvalue weighted by Crippen LogP contribution is -2.37. The minimum atomic E-state index is -4.65. The number of nitrogens with one attached hydrogen (secondary N) is 1. The van der Waals surface area contributed by atoms with Gasteiger partial charge in [0.05, 0.1) is 15.5 Å². The van der Waals surface area contributed by atoms with Crippen molar-refractivity contribution in [3.63, 3.8) is 0 Å². The van der Waals surface area contributed by atoms with Crippen molar-refractivity contribution >= 4 is 33.2 Å². The van der Waals surface area contributed by atoms with E-state index in [2.05, 4.69) is 12.2 Å². The first-order chi connectivity index (χ1) is 15.0. The number of piperidine rings is 1. The van der Waals surface area contributed by atoms with Crippen LogP contribution in [0.25, 0.3) is 0 Å². The summed E-state index contributed by atoms with van der Waals surface area (Å²) in [5, 5.41) is 1.84. The summed E-state index contributed by atoms with van der Waals surface area (Å²) in [6.07, 6.45) is -3.02. The molecule has 1 saturated heterocycles. The summed E-state index contributed by atoms with van der Waals surface area (Å²) in [7, 11) is -3.60. The van der Waals surface area contributed by atoms with Gasteiger partial charge in [0.15, 0.2) is 6.61 Å². The highest BCUT2D eigenvalue weighted by Gasteiger charge is 2.33. The maximum atomic E-state index is 12.9. The standard InChI is InChI=1S/C21H22ClF3N2O4S/c1-14-8-10-27(11-9-14)32(29,30)17-5-3-16(4-6-17)31-13-20(28)26-15-2-7-19(22)18(12-15)21(23,24)25/h2-7,12,14H,8-11,13H2,1H3,(H,26,28). The highest BCUT2D eigenvalue weighted by molar-refractivity contribution is 7.89. The summed E-state index contributed by atoms with van der Waals surface area (Å²) in [4.78, 5) is 12.2. The van der Waals surface area contributed by atoms with Gasteiger partial charge in [0.2, 0.25) is 10.0 Å². The summed E-state index contributed by atoms with van der Waals surface area (Å²) < 4.78 is 71.0. The molecule has 3 rings (SSSR count). The van der Waals surface area contributed by atoms with Crippen molar-refractivity contribution in [3.8, 4) is 5.75 Å². The summed E-state index contributed by atoms with van der Waals surface area (Å²) in [5.74, 6) is 0.0642. The van der Waals surface area contributed by atoms with E-state index in [-0.39, 0.29) is 16.3 Å². The molecule has 1 heterocycles. The van der Waals surface area contributed by atoms with E-state index >= 15 is 0 Å². The Morgan fingerprint density at radius 2 is 1.78 bits per heavy atom. The molecule has 0 spiro atoms. The molecule has 6 nitrogen and oxygen atoms in total. The van der Waals surface area contributed by atoms with Gasteiger partial charge in [0.25, 0.3) is 5.91 Å². The molecule has 0 aliphatic carbocycles. The van der Waals surface area contributed by atoms with Crippen LogP contribution in [0.4, 0.5) is 18.9 Å². The van der Waals surface area contributed by atoms with E-state index in [0.717, 1.165) is 25.0 Å². The first-order valence-electron chi connectivity index (χ1n) is 9.86. The summed E-state index contributed by atoms with van der Waals surface area (Å²) in [6, 6.07) is 8.68. The summed E-state index contributed by atoms with van der Waals surface area (Å²) in [5.41, 5.74) is -1.13. The van der Waals surface area contributed by atoms with Gasteiger partial charge in [-0.25, -0.2) is 8.42 Å². The van der Waals surface area contributed by atoms with Crippen LogP contribution >= 0.6 is 11.6 Å².